The molecule has 26 heavy (non-hydrogen) atoms. The molecular weight excluding hydrogens is 388 g/mol. The summed E-state index contributed by atoms with van der Waals surface area (Å²) in [5.41, 5.74) is 0.208. The molecule has 0 unspecified atom stereocenters. The first-order valence-corrected chi connectivity index (χ1v) is 8.67. The summed E-state index contributed by atoms with van der Waals surface area (Å²) in [5, 5.41) is 3.32. The molecule has 1 aliphatic rings. The lowest BCUT2D eigenvalue weighted by Crippen LogP contribution is -2.45. The van der Waals surface area contributed by atoms with Gasteiger partial charge in [-0.25, -0.2) is 0 Å². The van der Waals surface area contributed by atoms with Gasteiger partial charge in [0.15, 0.2) is 0 Å². The topological polar surface area (TPSA) is 24.5 Å². The van der Waals surface area contributed by atoms with E-state index in [-0.39, 0.29) is 30.9 Å². The van der Waals surface area contributed by atoms with E-state index in [0.29, 0.717) is 5.75 Å². The molecule has 0 spiro atoms. The molecule has 0 bridgehead atoms. The Labute approximate surface area is 166 Å². The van der Waals surface area contributed by atoms with E-state index < -0.39 is 11.7 Å². The Hall–Kier alpha value is -0.690. The maximum atomic E-state index is 13.0. The van der Waals surface area contributed by atoms with Crippen LogP contribution in [0.5, 0.6) is 5.75 Å². The van der Waals surface area contributed by atoms with Crippen LogP contribution in [0.4, 0.5) is 13.2 Å². The van der Waals surface area contributed by atoms with Gasteiger partial charge in [0.05, 0.1) is 12.7 Å². The molecule has 1 aromatic carbocycles. The van der Waals surface area contributed by atoms with Gasteiger partial charge in [-0.15, -0.1) is 24.8 Å². The van der Waals surface area contributed by atoms with Gasteiger partial charge in [0.1, 0.15) is 5.75 Å². The Morgan fingerprint density at radius 2 is 1.81 bits per heavy atom. The number of hydrogen-bond acceptors (Lipinski definition) is 3. The van der Waals surface area contributed by atoms with Crippen molar-refractivity contribution in [3.63, 3.8) is 0 Å². The molecule has 1 fully saturated rings. The normalized spacial score (nSPS) is 16.3. The highest BCUT2D eigenvalue weighted by molar-refractivity contribution is 5.85. The van der Waals surface area contributed by atoms with Crippen LogP contribution in [0.3, 0.4) is 0 Å². The predicted octanol–water partition coefficient (Wildman–Crippen LogP) is 5.08. The second kappa shape index (κ2) is 11.9. The number of alkyl halides is 3. The van der Waals surface area contributed by atoms with Gasteiger partial charge in [0.2, 0.25) is 0 Å². The molecule has 152 valence electrons. The molecule has 2 rings (SSSR count). The third-order valence-electron chi connectivity index (χ3n) is 4.59. The van der Waals surface area contributed by atoms with Crippen LogP contribution in [0, 0.1) is 0 Å². The molecule has 0 saturated carbocycles. The van der Waals surface area contributed by atoms with Crippen molar-refractivity contribution >= 4 is 24.8 Å². The molecule has 0 radical (unpaired) electrons. The van der Waals surface area contributed by atoms with E-state index >= 15 is 0 Å². The Bertz CT molecular complexity index is 524. The van der Waals surface area contributed by atoms with Crippen LogP contribution in [-0.2, 0) is 6.18 Å². The number of ether oxygens (including phenoxy) is 1. The monoisotopic (exact) mass is 416 g/mol. The van der Waals surface area contributed by atoms with E-state index in [2.05, 4.69) is 17.1 Å². The number of nitrogens with zero attached hydrogens (tertiary/aromatic N) is 1. The Morgan fingerprint density at radius 1 is 1.15 bits per heavy atom. The minimum atomic E-state index is -4.35. The number of piperazine rings is 1. The lowest BCUT2D eigenvalue weighted by atomic mass is 9.96. The van der Waals surface area contributed by atoms with E-state index in [1.807, 2.05) is 0 Å². The smallest absolute Gasteiger partial charge is 0.416 e. The third-order valence-corrected chi connectivity index (χ3v) is 4.59. The molecule has 0 aliphatic carbocycles. The fourth-order valence-electron chi connectivity index (χ4n) is 3.28. The average Bonchev–Trinajstić information content (AvgIpc) is 2.58. The third kappa shape index (κ3) is 6.80. The summed E-state index contributed by atoms with van der Waals surface area (Å²) in [7, 11) is 1.44. The van der Waals surface area contributed by atoms with Gasteiger partial charge in [-0.05, 0) is 18.6 Å². The van der Waals surface area contributed by atoms with Crippen LogP contribution in [-0.4, -0.2) is 38.2 Å². The fraction of sp³-hybridized carbons (Fsp3) is 0.667. The van der Waals surface area contributed by atoms with Gasteiger partial charge in [0.25, 0.3) is 0 Å². The Morgan fingerprint density at radius 3 is 2.35 bits per heavy atom. The summed E-state index contributed by atoms with van der Waals surface area (Å²) in [6, 6.07) is 4.01. The van der Waals surface area contributed by atoms with Crippen molar-refractivity contribution in [1.29, 1.82) is 0 Å². The van der Waals surface area contributed by atoms with E-state index in [4.69, 9.17) is 4.74 Å². The van der Waals surface area contributed by atoms with Crippen LogP contribution in [0.25, 0.3) is 0 Å². The molecule has 1 atom stereocenters. The highest BCUT2D eigenvalue weighted by atomic mass is 35.5. The number of halogens is 5. The summed E-state index contributed by atoms with van der Waals surface area (Å²) in [6.45, 7) is 5.78. The summed E-state index contributed by atoms with van der Waals surface area (Å²) < 4.78 is 44.2. The average molecular weight is 417 g/mol. The van der Waals surface area contributed by atoms with Crippen LogP contribution in [0.15, 0.2) is 18.2 Å². The molecule has 1 heterocycles. The molecule has 3 nitrogen and oxygen atoms in total. The molecule has 8 heteroatoms. The minimum Gasteiger partial charge on any atom is -0.496 e. The fourth-order valence-corrected chi connectivity index (χ4v) is 3.28. The van der Waals surface area contributed by atoms with Gasteiger partial charge in [-0.1, -0.05) is 32.3 Å². The SMILES string of the molecule is CCCCC[C@H](c1ccc(C(F)(F)F)cc1OC)N1CCNCC1.Cl.Cl. The molecule has 1 aromatic rings. The van der Waals surface area contributed by atoms with Crippen LogP contribution >= 0.6 is 24.8 Å². The minimum absolute atomic E-state index is 0. The van der Waals surface area contributed by atoms with E-state index in [1.54, 1.807) is 6.07 Å². The molecular formula is C18H29Cl2F3N2O. The second-order valence-corrected chi connectivity index (χ2v) is 6.25. The van der Waals surface area contributed by atoms with Gasteiger partial charge in [-0.3, -0.25) is 4.90 Å². The zero-order chi connectivity index (χ0) is 17.6. The van der Waals surface area contributed by atoms with Gasteiger partial charge in [0, 0.05) is 37.8 Å². The Balaban J connectivity index is 0.00000312. The van der Waals surface area contributed by atoms with E-state index in [1.165, 1.54) is 13.2 Å². The van der Waals surface area contributed by atoms with E-state index in [0.717, 1.165) is 63.5 Å². The predicted molar refractivity (Wildman–Crippen MR) is 104 cm³/mol. The van der Waals surface area contributed by atoms with Crippen LogP contribution < -0.4 is 10.1 Å². The largest absolute Gasteiger partial charge is 0.496 e. The highest BCUT2D eigenvalue weighted by Gasteiger charge is 2.32. The maximum Gasteiger partial charge on any atom is 0.416 e. The standard InChI is InChI=1S/C18H27F3N2O.2ClH/c1-3-4-5-6-16(23-11-9-22-10-12-23)15-8-7-14(18(19,20)21)13-17(15)24-2;;/h7-8,13,16,22H,3-6,9-12H2,1-2H3;2*1H/t16-;;/m1../s1. The van der Waals surface area contributed by atoms with Crippen molar-refractivity contribution in [2.75, 3.05) is 33.3 Å². The van der Waals surface area contributed by atoms with Crippen molar-refractivity contribution < 1.29 is 17.9 Å². The van der Waals surface area contributed by atoms with E-state index in [9.17, 15) is 13.2 Å². The van der Waals surface area contributed by atoms with Crippen LogP contribution in [0.1, 0.15) is 49.8 Å². The first-order chi connectivity index (χ1) is 11.5. The lowest BCUT2D eigenvalue weighted by Gasteiger charge is -2.36. The van der Waals surface area contributed by atoms with Crippen molar-refractivity contribution in [2.24, 2.45) is 0 Å². The van der Waals surface area contributed by atoms with Crippen LogP contribution in [0.2, 0.25) is 0 Å². The number of rotatable bonds is 7. The summed E-state index contributed by atoms with van der Waals surface area (Å²) in [5.74, 6) is 0.338. The summed E-state index contributed by atoms with van der Waals surface area (Å²) >= 11 is 0. The van der Waals surface area contributed by atoms with Crippen molar-refractivity contribution in [3.8, 4) is 5.75 Å². The van der Waals surface area contributed by atoms with Gasteiger partial charge in [-0.2, -0.15) is 13.2 Å². The maximum absolute atomic E-state index is 13.0. The van der Waals surface area contributed by atoms with Crippen molar-refractivity contribution in [3.05, 3.63) is 29.3 Å². The second-order valence-electron chi connectivity index (χ2n) is 6.25. The van der Waals surface area contributed by atoms with Crippen molar-refractivity contribution in [1.82, 2.24) is 10.2 Å². The molecule has 0 amide bonds. The zero-order valence-electron chi connectivity index (χ0n) is 15.3. The zero-order valence-corrected chi connectivity index (χ0v) is 16.9. The molecule has 0 aromatic heterocycles. The molecule has 1 saturated heterocycles. The van der Waals surface area contributed by atoms with Gasteiger partial charge < -0.3 is 10.1 Å². The molecule has 1 N–H and O–H groups in total. The quantitative estimate of drug-likeness (QED) is 0.626. The first-order valence-electron chi connectivity index (χ1n) is 8.67. The number of nitrogens with one attached hydrogen (secondary N) is 1. The lowest BCUT2D eigenvalue weighted by molar-refractivity contribution is -0.137. The van der Waals surface area contributed by atoms with Gasteiger partial charge >= 0.3 is 6.18 Å². The summed E-state index contributed by atoms with van der Waals surface area (Å²) in [6.07, 6.45) is -0.0899. The highest BCUT2D eigenvalue weighted by Crippen LogP contribution is 2.38. The number of benzene rings is 1. The first kappa shape index (κ1) is 25.3. The summed E-state index contributed by atoms with van der Waals surface area (Å²) in [4.78, 5) is 2.36. The number of methoxy groups -OCH3 is 1. The van der Waals surface area contributed by atoms with Crippen molar-refractivity contribution in [2.45, 2.75) is 44.8 Å². The Kier molecular flexibility index (Phi) is 11.6. The number of hydrogen-bond donors (Lipinski definition) is 1. The molecule has 1 aliphatic heterocycles. The number of unbranched alkanes of at least 4 members (excludes halogenated alkanes) is 2.